The van der Waals surface area contributed by atoms with Crippen LogP contribution < -0.4 is 5.32 Å². The molecule has 4 atom stereocenters. The molecule has 0 spiro atoms. The maximum absolute atomic E-state index is 12.7. The molecule has 4 rings (SSSR count). The number of aliphatic hydroxyl groups is 3. The molecule has 0 aliphatic carbocycles. The Hall–Kier alpha value is -2.80. The molecule has 9 nitrogen and oxygen atoms in total. The molecule has 0 amide bonds. The highest BCUT2D eigenvalue weighted by Crippen LogP contribution is 2.32. The van der Waals surface area contributed by atoms with E-state index in [9.17, 15) is 28.5 Å². The first-order valence-corrected chi connectivity index (χ1v) is 8.99. The molecule has 2 aromatic heterocycles. The summed E-state index contributed by atoms with van der Waals surface area (Å²) >= 11 is 0. The standard InChI is InChI=1S/C18H18F3N5O4/c19-18(20,21)10-3-1-9(2-4-10)5-22-15-12-16(24-7-23-15)26(8-25-12)17-14(29)13(28)11(6-27)30-17/h1-4,7-8,11,13-14,17,27-29H,5-6H2,(H,22,23,24)/t11-,13?,14?,17-/m1/s1. The summed E-state index contributed by atoms with van der Waals surface area (Å²) < 4.78 is 44.9. The molecule has 3 aromatic rings. The van der Waals surface area contributed by atoms with Crippen LogP contribution in [0.15, 0.2) is 36.9 Å². The monoisotopic (exact) mass is 425 g/mol. The number of hydrogen-bond donors (Lipinski definition) is 4. The predicted octanol–water partition coefficient (Wildman–Crippen LogP) is 1.07. The van der Waals surface area contributed by atoms with Crippen molar-refractivity contribution >= 4 is 17.0 Å². The number of ether oxygens (including phenoxy) is 1. The van der Waals surface area contributed by atoms with E-state index in [4.69, 9.17) is 4.74 Å². The van der Waals surface area contributed by atoms with Crippen LogP contribution in [0.2, 0.25) is 0 Å². The number of nitrogens with zero attached hydrogens (tertiary/aromatic N) is 4. The highest BCUT2D eigenvalue weighted by molar-refractivity contribution is 5.82. The van der Waals surface area contributed by atoms with E-state index >= 15 is 0 Å². The minimum atomic E-state index is -4.40. The molecule has 1 saturated heterocycles. The minimum Gasteiger partial charge on any atom is -0.394 e. The smallest absolute Gasteiger partial charge is 0.394 e. The van der Waals surface area contributed by atoms with Gasteiger partial charge in [-0.25, -0.2) is 15.0 Å². The zero-order chi connectivity index (χ0) is 21.5. The molecule has 12 heteroatoms. The van der Waals surface area contributed by atoms with Crippen molar-refractivity contribution < 1.29 is 33.2 Å². The van der Waals surface area contributed by atoms with E-state index in [1.54, 1.807) is 0 Å². The van der Waals surface area contributed by atoms with E-state index in [-0.39, 0.29) is 6.54 Å². The molecule has 0 saturated carbocycles. The van der Waals surface area contributed by atoms with Gasteiger partial charge in [0.25, 0.3) is 0 Å². The number of hydrogen-bond acceptors (Lipinski definition) is 8. The topological polar surface area (TPSA) is 126 Å². The van der Waals surface area contributed by atoms with Crippen molar-refractivity contribution in [3.05, 3.63) is 48.0 Å². The first kappa shape index (κ1) is 20.5. The van der Waals surface area contributed by atoms with Crippen molar-refractivity contribution in [3.8, 4) is 0 Å². The van der Waals surface area contributed by atoms with Crippen LogP contribution in [0, 0.1) is 0 Å². The Labute approximate surface area is 167 Å². The fourth-order valence-electron chi connectivity index (χ4n) is 3.27. The summed E-state index contributed by atoms with van der Waals surface area (Å²) in [7, 11) is 0. The molecule has 0 radical (unpaired) electrons. The zero-order valence-corrected chi connectivity index (χ0v) is 15.4. The van der Waals surface area contributed by atoms with Crippen molar-refractivity contribution in [2.45, 2.75) is 37.3 Å². The number of alkyl halides is 3. The van der Waals surface area contributed by atoms with E-state index < -0.39 is 42.9 Å². The second-order valence-electron chi connectivity index (χ2n) is 6.82. The third kappa shape index (κ3) is 3.69. The Kier molecular flexibility index (Phi) is 5.32. The van der Waals surface area contributed by atoms with E-state index in [2.05, 4.69) is 20.3 Å². The lowest BCUT2D eigenvalue weighted by atomic mass is 10.1. The Morgan fingerprint density at radius 3 is 2.43 bits per heavy atom. The molecule has 1 aromatic carbocycles. The fraction of sp³-hybridized carbons (Fsp3) is 0.389. The van der Waals surface area contributed by atoms with Gasteiger partial charge in [0.2, 0.25) is 0 Å². The molecule has 1 aliphatic heterocycles. The average Bonchev–Trinajstić information content (AvgIpc) is 3.27. The van der Waals surface area contributed by atoms with Crippen molar-refractivity contribution in [1.82, 2.24) is 19.5 Å². The number of benzene rings is 1. The maximum Gasteiger partial charge on any atom is 0.416 e. The van der Waals surface area contributed by atoms with Crippen molar-refractivity contribution in [3.63, 3.8) is 0 Å². The molecule has 0 bridgehead atoms. The van der Waals surface area contributed by atoms with Crippen LogP contribution in [0.3, 0.4) is 0 Å². The van der Waals surface area contributed by atoms with Crippen LogP contribution in [-0.2, 0) is 17.5 Å². The average molecular weight is 425 g/mol. The van der Waals surface area contributed by atoms with Gasteiger partial charge in [0.05, 0.1) is 18.5 Å². The van der Waals surface area contributed by atoms with Gasteiger partial charge in [-0.2, -0.15) is 13.2 Å². The molecular formula is C18H18F3N5O4. The molecule has 3 heterocycles. The summed E-state index contributed by atoms with van der Waals surface area (Å²) in [6.07, 6.45) is -6.27. The van der Waals surface area contributed by atoms with Crippen LogP contribution in [0.5, 0.6) is 0 Å². The number of anilines is 1. The molecule has 4 N–H and O–H groups in total. The molecule has 1 fully saturated rings. The lowest BCUT2D eigenvalue weighted by molar-refractivity contribution is -0.137. The second-order valence-corrected chi connectivity index (χ2v) is 6.82. The van der Waals surface area contributed by atoms with Crippen molar-refractivity contribution in [2.75, 3.05) is 11.9 Å². The third-order valence-corrected chi connectivity index (χ3v) is 4.89. The summed E-state index contributed by atoms with van der Waals surface area (Å²) in [5.74, 6) is 0.338. The lowest BCUT2D eigenvalue weighted by Gasteiger charge is -2.16. The predicted molar refractivity (Wildman–Crippen MR) is 97.1 cm³/mol. The van der Waals surface area contributed by atoms with Gasteiger partial charge in [-0.1, -0.05) is 12.1 Å². The van der Waals surface area contributed by atoms with E-state index in [0.717, 1.165) is 12.1 Å². The number of imidazole rings is 1. The van der Waals surface area contributed by atoms with Gasteiger partial charge in [0.15, 0.2) is 23.2 Å². The summed E-state index contributed by atoms with van der Waals surface area (Å²) in [5, 5.41) is 32.4. The number of nitrogens with one attached hydrogen (secondary N) is 1. The summed E-state index contributed by atoms with van der Waals surface area (Å²) in [5.41, 5.74) is 0.544. The third-order valence-electron chi connectivity index (χ3n) is 4.89. The number of halogens is 3. The quantitative estimate of drug-likeness (QED) is 0.478. The minimum absolute atomic E-state index is 0.199. The van der Waals surface area contributed by atoms with Gasteiger partial charge < -0.3 is 25.4 Å². The number of rotatable bonds is 5. The van der Waals surface area contributed by atoms with Crippen molar-refractivity contribution in [1.29, 1.82) is 0 Å². The Balaban J connectivity index is 1.54. The molecule has 30 heavy (non-hydrogen) atoms. The second kappa shape index (κ2) is 7.80. The van der Waals surface area contributed by atoms with Gasteiger partial charge in [-0.05, 0) is 17.7 Å². The summed E-state index contributed by atoms with van der Waals surface area (Å²) in [6, 6.07) is 4.74. The number of aliphatic hydroxyl groups excluding tert-OH is 3. The van der Waals surface area contributed by atoms with Crippen LogP contribution in [0.1, 0.15) is 17.4 Å². The number of fused-ring (bicyclic) bond motifs is 1. The molecule has 2 unspecified atom stereocenters. The Morgan fingerprint density at radius 2 is 1.80 bits per heavy atom. The molecular weight excluding hydrogens is 407 g/mol. The van der Waals surface area contributed by atoms with Crippen molar-refractivity contribution in [2.24, 2.45) is 0 Å². The van der Waals surface area contributed by atoms with E-state index in [1.165, 1.54) is 29.4 Å². The Bertz CT molecular complexity index is 1030. The zero-order valence-electron chi connectivity index (χ0n) is 15.4. The molecule has 160 valence electrons. The highest BCUT2D eigenvalue weighted by atomic mass is 19.4. The van der Waals surface area contributed by atoms with E-state index in [0.29, 0.717) is 22.5 Å². The highest BCUT2D eigenvalue weighted by Gasteiger charge is 2.44. The number of aromatic nitrogens is 4. The summed E-state index contributed by atoms with van der Waals surface area (Å²) in [4.78, 5) is 12.5. The summed E-state index contributed by atoms with van der Waals surface area (Å²) in [6.45, 7) is -0.263. The first-order chi connectivity index (χ1) is 14.3. The van der Waals surface area contributed by atoms with Gasteiger partial charge in [0, 0.05) is 6.54 Å². The van der Waals surface area contributed by atoms with Crippen LogP contribution in [-0.4, -0.2) is 59.8 Å². The van der Waals surface area contributed by atoms with E-state index in [1.807, 2.05) is 0 Å². The lowest BCUT2D eigenvalue weighted by Crippen LogP contribution is -2.33. The van der Waals surface area contributed by atoms with Gasteiger partial charge in [-0.15, -0.1) is 0 Å². The maximum atomic E-state index is 12.7. The first-order valence-electron chi connectivity index (χ1n) is 8.99. The largest absolute Gasteiger partial charge is 0.416 e. The van der Waals surface area contributed by atoms with Crippen LogP contribution >= 0.6 is 0 Å². The SMILES string of the molecule is OC[C@H]1O[C@@H](n2cnc3c(NCc4ccc(C(F)(F)F)cc4)ncnc32)C(O)C1O. The van der Waals surface area contributed by atoms with Gasteiger partial charge in [-0.3, -0.25) is 4.57 Å². The van der Waals surface area contributed by atoms with Gasteiger partial charge >= 0.3 is 6.18 Å². The normalized spacial score (nSPS) is 24.5. The Morgan fingerprint density at radius 1 is 1.07 bits per heavy atom. The van der Waals surface area contributed by atoms with Crippen LogP contribution in [0.4, 0.5) is 19.0 Å². The van der Waals surface area contributed by atoms with Crippen LogP contribution in [0.25, 0.3) is 11.2 Å². The fourth-order valence-corrected chi connectivity index (χ4v) is 3.27. The van der Waals surface area contributed by atoms with Gasteiger partial charge in [0.1, 0.15) is 24.6 Å². The molecule has 1 aliphatic rings.